The van der Waals surface area contributed by atoms with Crippen LogP contribution in [0.15, 0.2) is 24.3 Å². The molecule has 3 heteroatoms. The lowest BCUT2D eigenvalue weighted by molar-refractivity contribution is 0.457. The van der Waals surface area contributed by atoms with Gasteiger partial charge in [0.05, 0.1) is 5.39 Å². The summed E-state index contributed by atoms with van der Waals surface area (Å²) in [5, 5.41) is 29.4. The molecule has 72 valence electrons. The van der Waals surface area contributed by atoms with Crippen molar-refractivity contribution in [1.82, 2.24) is 0 Å². The standard InChI is InChI=1S/C11H10O3/c1-6-4-7-8(12)2-3-9(13)11(7)10(14)5-6/h2-5,12-14H,1H3. The van der Waals surface area contributed by atoms with Gasteiger partial charge in [0.1, 0.15) is 17.2 Å². The largest absolute Gasteiger partial charge is 0.507 e. The highest BCUT2D eigenvalue weighted by molar-refractivity contribution is 5.97. The Kier molecular flexibility index (Phi) is 1.74. The van der Waals surface area contributed by atoms with Gasteiger partial charge in [0.25, 0.3) is 0 Å². The zero-order chi connectivity index (χ0) is 10.3. The van der Waals surface area contributed by atoms with Gasteiger partial charge in [-0.1, -0.05) is 0 Å². The van der Waals surface area contributed by atoms with E-state index in [0.717, 1.165) is 5.56 Å². The van der Waals surface area contributed by atoms with E-state index in [-0.39, 0.29) is 22.6 Å². The summed E-state index contributed by atoms with van der Waals surface area (Å²) < 4.78 is 0. The van der Waals surface area contributed by atoms with Crippen molar-refractivity contribution in [1.29, 1.82) is 0 Å². The van der Waals surface area contributed by atoms with Crippen molar-refractivity contribution in [2.45, 2.75) is 6.92 Å². The maximum absolute atomic E-state index is 9.59. The Bertz CT molecular complexity index is 503. The second kappa shape index (κ2) is 2.80. The number of fused-ring (bicyclic) bond motifs is 1. The number of aromatic hydroxyl groups is 3. The van der Waals surface area contributed by atoms with Gasteiger partial charge in [-0.2, -0.15) is 0 Å². The van der Waals surface area contributed by atoms with Gasteiger partial charge >= 0.3 is 0 Å². The van der Waals surface area contributed by atoms with E-state index in [1.54, 1.807) is 12.1 Å². The molecule has 0 spiro atoms. The first-order valence-corrected chi connectivity index (χ1v) is 4.24. The Morgan fingerprint density at radius 2 is 1.50 bits per heavy atom. The average molecular weight is 190 g/mol. The summed E-state index contributed by atoms with van der Waals surface area (Å²) in [6.07, 6.45) is 0. The van der Waals surface area contributed by atoms with Crippen molar-refractivity contribution in [3.05, 3.63) is 29.8 Å². The van der Waals surface area contributed by atoms with Crippen LogP contribution in [0, 0.1) is 6.92 Å². The number of hydrogen-bond donors (Lipinski definition) is 3. The highest BCUT2D eigenvalue weighted by atomic mass is 16.3. The predicted octanol–water partition coefficient (Wildman–Crippen LogP) is 2.27. The third-order valence-corrected chi connectivity index (χ3v) is 2.19. The fourth-order valence-electron chi connectivity index (χ4n) is 1.57. The monoisotopic (exact) mass is 190 g/mol. The molecule has 0 aliphatic rings. The van der Waals surface area contributed by atoms with E-state index in [1.807, 2.05) is 6.92 Å². The average Bonchev–Trinajstić information content (AvgIpc) is 2.10. The zero-order valence-electron chi connectivity index (χ0n) is 7.65. The van der Waals surface area contributed by atoms with E-state index in [0.29, 0.717) is 5.39 Å². The molecule has 0 bridgehead atoms. The summed E-state index contributed by atoms with van der Waals surface area (Å²) in [5.74, 6) is 0.000463. The normalized spacial score (nSPS) is 10.6. The quantitative estimate of drug-likeness (QED) is 0.558. The van der Waals surface area contributed by atoms with Crippen LogP contribution < -0.4 is 0 Å². The number of hydrogen-bond acceptors (Lipinski definition) is 3. The maximum atomic E-state index is 9.59. The van der Waals surface area contributed by atoms with Gasteiger partial charge in [-0.05, 0) is 36.8 Å². The van der Waals surface area contributed by atoms with Gasteiger partial charge in [0.15, 0.2) is 0 Å². The molecule has 3 N–H and O–H groups in total. The number of aryl methyl sites for hydroxylation is 1. The van der Waals surface area contributed by atoms with Crippen LogP contribution in [-0.4, -0.2) is 15.3 Å². The molecule has 0 saturated heterocycles. The molecule has 0 aliphatic heterocycles. The summed E-state index contributed by atoms with van der Waals surface area (Å²) in [5.41, 5.74) is 0.830. The summed E-state index contributed by atoms with van der Waals surface area (Å²) in [7, 11) is 0. The summed E-state index contributed by atoms with van der Waals surface area (Å²) in [6, 6.07) is 6.01. The van der Waals surface area contributed by atoms with E-state index >= 15 is 0 Å². The lowest BCUT2D eigenvalue weighted by Gasteiger charge is -2.06. The van der Waals surface area contributed by atoms with E-state index < -0.39 is 0 Å². The first-order valence-electron chi connectivity index (χ1n) is 4.24. The number of rotatable bonds is 0. The molecule has 14 heavy (non-hydrogen) atoms. The van der Waals surface area contributed by atoms with Gasteiger partial charge in [-0.25, -0.2) is 0 Å². The Labute approximate surface area is 80.9 Å². The lowest BCUT2D eigenvalue weighted by Crippen LogP contribution is -1.79. The second-order valence-corrected chi connectivity index (χ2v) is 3.31. The smallest absolute Gasteiger partial charge is 0.127 e. The second-order valence-electron chi connectivity index (χ2n) is 3.31. The van der Waals surface area contributed by atoms with Crippen molar-refractivity contribution in [2.24, 2.45) is 0 Å². The van der Waals surface area contributed by atoms with Crippen LogP contribution in [0.25, 0.3) is 10.8 Å². The number of benzene rings is 2. The highest BCUT2D eigenvalue weighted by Crippen LogP contribution is 2.38. The SMILES string of the molecule is Cc1cc(O)c2c(O)ccc(O)c2c1. The van der Waals surface area contributed by atoms with E-state index in [2.05, 4.69) is 0 Å². The van der Waals surface area contributed by atoms with E-state index in [4.69, 9.17) is 0 Å². The summed E-state index contributed by atoms with van der Waals surface area (Å²) >= 11 is 0. The van der Waals surface area contributed by atoms with Crippen LogP contribution in [-0.2, 0) is 0 Å². The van der Waals surface area contributed by atoms with Crippen LogP contribution in [0.5, 0.6) is 17.2 Å². The van der Waals surface area contributed by atoms with Crippen molar-refractivity contribution in [3.63, 3.8) is 0 Å². The third kappa shape index (κ3) is 1.14. The molecule has 3 nitrogen and oxygen atoms in total. The van der Waals surface area contributed by atoms with Crippen LogP contribution in [0.2, 0.25) is 0 Å². The number of phenolic OH excluding ortho intramolecular Hbond substituents is 3. The molecule has 2 aromatic rings. The molecule has 0 aliphatic carbocycles. The third-order valence-electron chi connectivity index (χ3n) is 2.19. The maximum Gasteiger partial charge on any atom is 0.127 e. The fraction of sp³-hybridized carbons (Fsp3) is 0.0909. The van der Waals surface area contributed by atoms with Gasteiger partial charge in [-0.15, -0.1) is 0 Å². The van der Waals surface area contributed by atoms with Gasteiger partial charge < -0.3 is 15.3 Å². The molecular weight excluding hydrogens is 180 g/mol. The van der Waals surface area contributed by atoms with Crippen molar-refractivity contribution < 1.29 is 15.3 Å². The van der Waals surface area contributed by atoms with Crippen LogP contribution >= 0.6 is 0 Å². The Morgan fingerprint density at radius 3 is 2.21 bits per heavy atom. The molecule has 2 rings (SSSR count). The fourth-order valence-corrected chi connectivity index (χ4v) is 1.57. The Morgan fingerprint density at radius 1 is 0.857 bits per heavy atom. The van der Waals surface area contributed by atoms with Gasteiger partial charge in [0, 0.05) is 5.39 Å². The molecule has 0 fully saturated rings. The predicted molar refractivity (Wildman–Crippen MR) is 53.7 cm³/mol. The summed E-state index contributed by atoms with van der Waals surface area (Å²) in [4.78, 5) is 0. The van der Waals surface area contributed by atoms with Crippen molar-refractivity contribution >= 4 is 10.8 Å². The first-order chi connectivity index (χ1) is 6.59. The molecule has 0 amide bonds. The van der Waals surface area contributed by atoms with Crippen molar-refractivity contribution in [3.8, 4) is 17.2 Å². The molecular formula is C11H10O3. The van der Waals surface area contributed by atoms with Gasteiger partial charge in [-0.3, -0.25) is 0 Å². The van der Waals surface area contributed by atoms with E-state index in [1.165, 1.54) is 12.1 Å². The van der Waals surface area contributed by atoms with E-state index in [9.17, 15) is 15.3 Å². The summed E-state index contributed by atoms with van der Waals surface area (Å²) in [6.45, 7) is 1.81. The molecule has 0 atom stereocenters. The zero-order valence-corrected chi connectivity index (χ0v) is 7.65. The molecule has 0 radical (unpaired) electrons. The Balaban J connectivity index is 3.00. The molecule has 0 unspecified atom stereocenters. The minimum Gasteiger partial charge on any atom is -0.507 e. The minimum absolute atomic E-state index is 0.0200. The topological polar surface area (TPSA) is 60.7 Å². The molecule has 0 heterocycles. The number of phenols is 3. The van der Waals surface area contributed by atoms with Crippen LogP contribution in [0.4, 0.5) is 0 Å². The van der Waals surface area contributed by atoms with Crippen molar-refractivity contribution in [2.75, 3.05) is 0 Å². The molecule has 0 saturated carbocycles. The van der Waals surface area contributed by atoms with Gasteiger partial charge in [0.2, 0.25) is 0 Å². The molecule has 2 aromatic carbocycles. The van der Waals surface area contributed by atoms with Crippen LogP contribution in [0.1, 0.15) is 5.56 Å². The highest BCUT2D eigenvalue weighted by Gasteiger charge is 2.09. The van der Waals surface area contributed by atoms with Crippen LogP contribution in [0.3, 0.4) is 0 Å². The molecule has 0 aromatic heterocycles. The first kappa shape index (κ1) is 8.69. The minimum atomic E-state index is -0.0321. The lowest BCUT2D eigenvalue weighted by atomic mass is 10.0. The Hall–Kier alpha value is -1.90.